The van der Waals surface area contributed by atoms with Crippen LogP contribution in [0, 0.1) is 19.7 Å². The Morgan fingerprint density at radius 3 is 2.94 bits per heavy atom. The molecule has 1 saturated heterocycles. The van der Waals surface area contributed by atoms with Crippen LogP contribution in [0.25, 0.3) is 0 Å². The van der Waals surface area contributed by atoms with Crippen LogP contribution < -0.4 is 16.2 Å². The first-order valence-corrected chi connectivity index (χ1v) is 12.0. The van der Waals surface area contributed by atoms with Crippen LogP contribution in [0.3, 0.4) is 0 Å². The van der Waals surface area contributed by atoms with Crippen LogP contribution in [0.5, 0.6) is 0 Å². The molecule has 0 aromatic heterocycles. The number of amidine groups is 1. The molecule has 7 nitrogen and oxygen atoms in total. The van der Waals surface area contributed by atoms with Crippen molar-refractivity contribution in [1.29, 1.82) is 0 Å². The van der Waals surface area contributed by atoms with E-state index in [1.54, 1.807) is 0 Å². The Morgan fingerprint density at radius 1 is 1.27 bits per heavy atom. The van der Waals surface area contributed by atoms with Gasteiger partial charge in [-0.1, -0.05) is 47.1 Å². The number of hydrazine groups is 1. The lowest BCUT2D eigenvalue weighted by atomic mass is 9.95. The first kappa shape index (κ1) is 22.1. The molecule has 0 bridgehead atoms. The highest BCUT2D eigenvalue weighted by Crippen LogP contribution is 2.36. The molecular weight excluding hydrogens is 463 g/mol. The summed E-state index contributed by atoms with van der Waals surface area (Å²) in [7, 11) is 0. The van der Waals surface area contributed by atoms with Gasteiger partial charge in [-0.05, 0) is 49.6 Å². The lowest BCUT2D eigenvalue weighted by Gasteiger charge is -2.36. The monoisotopic (exact) mass is 486 g/mol. The molecule has 3 heterocycles. The van der Waals surface area contributed by atoms with E-state index in [4.69, 9.17) is 11.6 Å². The predicted octanol–water partition coefficient (Wildman–Crippen LogP) is 4.07. The molecule has 1 fully saturated rings. The second-order valence-electron chi connectivity index (χ2n) is 8.39. The standard InChI is InChI=1S/C23H24ClFN6OS/c1-13-3-4-14(2)16(9-13)19-11-20-22-27-28-23(30(22)7-8-31(20)29-19)33-12-21(32)26-18-6-5-15(25)10-17(18)24/h3-10,19-20,22,27,29H,11-12H2,1-2H3,(H,26,32). The molecule has 0 aliphatic carbocycles. The van der Waals surface area contributed by atoms with Crippen LogP contribution in [-0.2, 0) is 4.79 Å². The highest BCUT2D eigenvalue weighted by molar-refractivity contribution is 8.14. The van der Waals surface area contributed by atoms with Gasteiger partial charge in [-0.25, -0.2) is 9.82 Å². The fraction of sp³-hybridized carbons (Fsp3) is 0.304. The third-order valence-electron chi connectivity index (χ3n) is 6.05. The smallest absolute Gasteiger partial charge is 0.234 e. The zero-order chi connectivity index (χ0) is 23.1. The number of thioether (sulfide) groups is 1. The minimum atomic E-state index is -0.447. The number of nitrogens with one attached hydrogen (secondary N) is 3. The van der Waals surface area contributed by atoms with Crippen LogP contribution in [0.4, 0.5) is 10.1 Å². The predicted molar refractivity (Wildman–Crippen MR) is 130 cm³/mol. The molecular formula is C23H24ClFN6OS. The molecule has 3 atom stereocenters. The summed E-state index contributed by atoms with van der Waals surface area (Å²) in [6.07, 6.45) is 4.91. The Kier molecular flexibility index (Phi) is 5.94. The summed E-state index contributed by atoms with van der Waals surface area (Å²) >= 11 is 7.33. The molecule has 5 rings (SSSR count). The van der Waals surface area contributed by atoms with Crippen LogP contribution >= 0.6 is 23.4 Å². The molecule has 1 amide bonds. The Hall–Kier alpha value is -2.75. The van der Waals surface area contributed by atoms with Crippen molar-refractivity contribution < 1.29 is 9.18 Å². The van der Waals surface area contributed by atoms with E-state index >= 15 is 0 Å². The number of hydrogen-bond acceptors (Lipinski definition) is 7. The molecule has 0 saturated carbocycles. The van der Waals surface area contributed by atoms with Gasteiger partial charge in [0.1, 0.15) is 12.0 Å². The van der Waals surface area contributed by atoms with E-state index in [1.165, 1.54) is 46.7 Å². The topological polar surface area (TPSA) is 72.0 Å². The van der Waals surface area contributed by atoms with Gasteiger partial charge >= 0.3 is 0 Å². The van der Waals surface area contributed by atoms with Crippen LogP contribution in [0.2, 0.25) is 5.02 Å². The van der Waals surface area contributed by atoms with Crippen molar-refractivity contribution in [3.63, 3.8) is 0 Å². The van der Waals surface area contributed by atoms with E-state index in [0.717, 1.165) is 11.6 Å². The van der Waals surface area contributed by atoms with Gasteiger partial charge < -0.3 is 15.2 Å². The number of aryl methyl sites for hydroxylation is 2. The number of halogens is 2. The number of amides is 1. The van der Waals surface area contributed by atoms with Crippen LogP contribution in [0.15, 0.2) is 53.9 Å². The highest BCUT2D eigenvalue weighted by atomic mass is 35.5. The minimum Gasteiger partial charge on any atom is -0.324 e. The van der Waals surface area contributed by atoms with Crippen molar-refractivity contribution in [3.05, 3.63) is 76.3 Å². The number of fused-ring (bicyclic) bond motifs is 3. The van der Waals surface area contributed by atoms with Gasteiger partial charge in [0.2, 0.25) is 5.91 Å². The average Bonchev–Trinajstić information content (AvgIpc) is 3.39. The Balaban J connectivity index is 1.20. The largest absolute Gasteiger partial charge is 0.324 e. The lowest BCUT2D eigenvalue weighted by Crippen LogP contribution is -2.54. The van der Waals surface area contributed by atoms with Crippen molar-refractivity contribution in [2.75, 3.05) is 11.1 Å². The molecule has 3 aliphatic heterocycles. The van der Waals surface area contributed by atoms with E-state index in [0.29, 0.717) is 5.69 Å². The van der Waals surface area contributed by atoms with Gasteiger partial charge in [-0.2, -0.15) is 5.10 Å². The minimum absolute atomic E-state index is 0.0188. The van der Waals surface area contributed by atoms with Crippen molar-refractivity contribution in [2.24, 2.45) is 5.10 Å². The average molecular weight is 487 g/mol. The van der Waals surface area contributed by atoms with E-state index in [2.05, 4.69) is 63.2 Å². The Labute approximate surface area is 201 Å². The summed E-state index contributed by atoms with van der Waals surface area (Å²) in [5.74, 6) is -0.528. The molecule has 3 aliphatic rings. The quantitative estimate of drug-likeness (QED) is 0.605. The number of carbonyl (C=O) groups is 1. The number of carbonyl (C=O) groups excluding carboxylic acids is 1. The van der Waals surface area contributed by atoms with Crippen molar-refractivity contribution in [2.45, 2.75) is 38.5 Å². The number of hydrazone groups is 1. The molecule has 3 N–H and O–H groups in total. The summed E-state index contributed by atoms with van der Waals surface area (Å²) in [5.41, 5.74) is 11.1. The number of anilines is 1. The van der Waals surface area contributed by atoms with Gasteiger partial charge in [-0.15, -0.1) is 0 Å². The van der Waals surface area contributed by atoms with Crippen molar-refractivity contribution in [1.82, 2.24) is 20.8 Å². The van der Waals surface area contributed by atoms with Crippen molar-refractivity contribution >= 4 is 40.1 Å². The van der Waals surface area contributed by atoms with Crippen LogP contribution in [-0.4, -0.2) is 38.9 Å². The number of rotatable bonds is 4. The summed E-state index contributed by atoms with van der Waals surface area (Å²) in [5, 5.41) is 10.2. The fourth-order valence-electron chi connectivity index (χ4n) is 4.40. The zero-order valence-electron chi connectivity index (χ0n) is 18.2. The summed E-state index contributed by atoms with van der Waals surface area (Å²) in [4.78, 5) is 14.5. The molecule has 33 heavy (non-hydrogen) atoms. The maximum atomic E-state index is 13.2. The normalized spacial score (nSPS) is 23.2. The molecule has 0 spiro atoms. The van der Waals surface area contributed by atoms with Gasteiger partial charge in [0.25, 0.3) is 0 Å². The van der Waals surface area contributed by atoms with E-state index in [1.807, 2.05) is 12.4 Å². The molecule has 172 valence electrons. The molecule has 10 heteroatoms. The van der Waals surface area contributed by atoms with Crippen molar-refractivity contribution in [3.8, 4) is 0 Å². The third-order valence-corrected chi connectivity index (χ3v) is 7.33. The summed E-state index contributed by atoms with van der Waals surface area (Å²) in [6.45, 7) is 4.26. The third kappa shape index (κ3) is 4.40. The van der Waals surface area contributed by atoms with Gasteiger partial charge in [0.05, 0.1) is 28.5 Å². The first-order valence-electron chi connectivity index (χ1n) is 10.7. The lowest BCUT2D eigenvalue weighted by molar-refractivity contribution is -0.113. The fourth-order valence-corrected chi connectivity index (χ4v) is 5.38. The van der Waals surface area contributed by atoms with Gasteiger partial charge in [-0.3, -0.25) is 10.2 Å². The van der Waals surface area contributed by atoms with Gasteiger partial charge in [0, 0.05) is 12.4 Å². The second-order valence-corrected chi connectivity index (χ2v) is 9.74. The molecule has 2 aromatic rings. The van der Waals surface area contributed by atoms with E-state index < -0.39 is 5.82 Å². The van der Waals surface area contributed by atoms with E-state index in [-0.39, 0.29) is 34.9 Å². The summed E-state index contributed by atoms with van der Waals surface area (Å²) < 4.78 is 13.2. The highest BCUT2D eigenvalue weighted by Gasteiger charge is 2.44. The maximum absolute atomic E-state index is 13.2. The van der Waals surface area contributed by atoms with E-state index in [9.17, 15) is 9.18 Å². The first-order chi connectivity index (χ1) is 15.9. The second kappa shape index (κ2) is 8.89. The number of hydrogen-bond donors (Lipinski definition) is 3. The molecule has 2 aromatic carbocycles. The zero-order valence-corrected chi connectivity index (χ0v) is 19.8. The van der Waals surface area contributed by atoms with Crippen LogP contribution in [0.1, 0.15) is 29.2 Å². The Bertz CT molecular complexity index is 1160. The number of nitrogens with zero attached hydrogens (tertiary/aromatic N) is 3. The summed E-state index contributed by atoms with van der Waals surface area (Å²) in [6, 6.07) is 10.9. The SMILES string of the molecule is Cc1ccc(C)c(C2CC3C4NN=C(SCC(=O)Nc5ccc(F)cc5Cl)N4C=CN3N2)c1. The number of benzene rings is 2. The Morgan fingerprint density at radius 2 is 2.12 bits per heavy atom. The molecule has 0 radical (unpaired) electrons. The maximum Gasteiger partial charge on any atom is 0.234 e. The molecule has 3 unspecified atom stereocenters. The van der Waals surface area contributed by atoms with Gasteiger partial charge in [0.15, 0.2) is 5.17 Å².